The number of benzene rings is 2. The third-order valence-electron chi connectivity index (χ3n) is 5.23. The first kappa shape index (κ1) is 21.1. The molecule has 1 aliphatic heterocycles. The lowest BCUT2D eigenvalue weighted by Gasteiger charge is -2.13. The third kappa shape index (κ3) is 3.70. The summed E-state index contributed by atoms with van der Waals surface area (Å²) in [5.74, 6) is -1.26. The van der Waals surface area contributed by atoms with Crippen LogP contribution in [0, 0.1) is 11.6 Å². The summed E-state index contributed by atoms with van der Waals surface area (Å²) in [6.45, 7) is 0.735. The van der Waals surface area contributed by atoms with Crippen molar-refractivity contribution < 1.29 is 13.3 Å². The molecule has 0 radical (unpaired) electrons. The molecule has 9 heteroatoms. The van der Waals surface area contributed by atoms with Gasteiger partial charge in [0, 0.05) is 30.6 Å². The number of fused-ring (bicyclic) bond motifs is 1. The van der Waals surface area contributed by atoms with Gasteiger partial charge in [0.15, 0.2) is 18.6 Å². The molecule has 1 aliphatic rings. The number of hydrogen-bond donors (Lipinski definition) is 0. The van der Waals surface area contributed by atoms with Gasteiger partial charge in [0.1, 0.15) is 20.0 Å². The summed E-state index contributed by atoms with van der Waals surface area (Å²) in [5.41, 5.74) is 1.33. The van der Waals surface area contributed by atoms with Gasteiger partial charge in [0.25, 0.3) is 10.6 Å². The lowest BCUT2D eigenvalue weighted by atomic mass is 10.2. The number of thioether (sulfide) groups is 1. The number of thiazole rings is 2. The predicted octanol–water partition coefficient (Wildman–Crippen LogP) is 3.26. The van der Waals surface area contributed by atoms with Gasteiger partial charge in [-0.3, -0.25) is 4.79 Å². The lowest BCUT2D eigenvalue weighted by molar-refractivity contribution is -0.685. The maximum Gasteiger partial charge on any atom is 0.271 e. The third-order valence-corrected chi connectivity index (χ3v) is 8.58. The topological polar surface area (TPSA) is 29.1 Å². The van der Waals surface area contributed by atoms with E-state index in [0.717, 1.165) is 22.3 Å². The normalized spacial score (nSPS) is 15.5. The van der Waals surface area contributed by atoms with Crippen LogP contribution in [0.15, 0.2) is 63.7 Å². The lowest BCUT2D eigenvalue weighted by Crippen LogP contribution is -2.35. The Morgan fingerprint density at radius 2 is 1.91 bits per heavy atom. The molecule has 0 saturated heterocycles. The molecule has 0 atom stereocenters. The number of nitrogens with zero attached hydrogens (tertiary/aromatic N) is 3. The van der Waals surface area contributed by atoms with E-state index < -0.39 is 11.6 Å². The molecule has 0 N–H and O–H groups in total. The Morgan fingerprint density at radius 3 is 2.69 bits per heavy atom. The standard InChI is InChI=1S/C23H18F2N3OS3/c1-26-18(12-19-28(8-9-30-19)13-14-6-4-3-5-7-14)32-21(22(26)29)23-27(2)20-16(25)10-15(24)11-17(20)31-23/h3-12H,13H2,1-2H3/q+1/b23-21+. The monoisotopic (exact) mass is 486 g/mol. The van der Waals surface area contributed by atoms with Crippen LogP contribution in [0.25, 0.3) is 11.1 Å². The van der Waals surface area contributed by atoms with Crippen LogP contribution in [0.1, 0.15) is 10.6 Å². The van der Waals surface area contributed by atoms with Crippen molar-refractivity contribution in [3.63, 3.8) is 0 Å². The van der Waals surface area contributed by atoms with Crippen LogP contribution in [0.3, 0.4) is 0 Å². The van der Waals surface area contributed by atoms with E-state index >= 15 is 0 Å². The zero-order chi connectivity index (χ0) is 22.4. The summed E-state index contributed by atoms with van der Waals surface area (Å²) in [5, 5.41) is 3.65. The first-order valence-electron chi connectivity index (χ1n) is 9.75. The van der Waals surface area contributed by atoms with Gasteiger partial charge >= 0.3 is 0 Å². The molecule has 4 aromatic rings. The molecule has 2 aromatic heterocycles. The zero-order valence-corrected chi connectivity index (χ0v) is 19.7. The summed E-state index contributed by atoms with van der Waals surface area (Å²) < 4.78 is 33.1. The Labute approximate surface area is 195 Å². The fourth-order valence-electron chi connectivity index (χ4n) is 3.60. The van der Waals surface area contributed by atoms with E-state index in [0.29, 0.717) is 20.1 Å². The zero-order valence-electron chi connectivity index (χ0n) is 17.2. The van der Waals surface area contributed by atoms with Crippen LogP contribution in [0.5, 0.6) is 0 Å². The van der Waals surface area contributed by atoms with Crippen molar-refractivity contribution in [3.8, 4) is 0 Å². The van der Waals surface area contributed by atoms with Crippen molar-refractivity contribution in [1.29, 1.82) is 0 Å². The highest BCUT2D eigenvalue weighted by molar-refractivity contribution is 8.08. The maximum atomic E-state index is 14.4. The number of anilines is 1. The first-order valence-corrected chi connectivity index (χ1v) is 12.3. The molecule has 2 aromatic carbocycles. The molecule has 0 saturated carbocycles. The average molecular weight is 487 g/mol. The molecule has 0 unspecified atom stereocenters. The van der Waals surface area contributed by atoms with Crippen LogP contribution < -0.4 is 24.2 Å². The molecule has 5 rings (SSSR count). The van der Waals surface area contributed by atoms with Crippen LogP contribution in [0.4, 0.5) is 14.5 Å². The van der Waals surface area contributed by atoms with Crippen LogP contribution in [-0.2, 0) is 13.6 Å². The SMILES string of the molecule is CN1/C(=c2\s/c(=C\c3scc[n+]3Cc3ccccc3)n(C)c2=O)Sc2cc(F)cc(F)c21. The molecule has 4 nitrogen and oxygen atoms in total. The molecule has 162 valence electrons. The summed E-state index contributed by atoms with van der Waals surface area (Å²) in [4.78, 5) is 15.2. The number of hydrogen-bond acceptors (Lipinski definition) is 5. The van der Waals surface area contributed by atoms with Gasteiger partial charge in [-0.2, -0.15) is 4.57 Å². The number of aromatic nitrogens is 2. The fraction of sp³-hybridized carbons (Fsp3) is 0.130. The van der Waals surface area contributed by atoms with E-state index in [1.165, 1.54) is 34.7 Å². The number of rotatable bonds is 3. The van der Waals surface area contributed by atoms with Crippen molar-refractivity contribution in [2.75, 3.05) is 11.9 Å². The van der Waals surface area contributed by atoms with E-state index in [4.69, 9.17) is 0 Å². The molecule has 32 heavy (non-hydrogen) atoms. The maximum absolute atomic E-state index is 14.4. The predicted molar refractivity (Wildman–Crippen MR) is 126 cm³/mol. The van der Waals surface area contributed by atoms with Crippen molar-refractivity contribution >= 4 is 51.2 Å². The van der Waals surface area contributed by atoms with Gasteiger partial charge in [-0.25, -0.2) is 8.78 Å². The summed E-state index contributed by atoms with van der Waals surface area (Å²) in [6.07, 6.45) is 4.02. The second-order valence-electron chi connectivity index (χ2n) is 7.33. The molecule has 0 amide bonds. The molecular weight excluding hydrogens is 468 g/mol. The second-order valence-corrected chi connectivity index (χ2v) is 10.3. The van der Waals surface area contributed by atoms with E-state index in [9.17, 15) is 13.6 Å². The minimum atomic E-state index is -0.634. The Balaban J connectivity index is 1.60. The van der Waals surface area contributed by atoms with Crippen molar-refractivity contribution in [2.45, 2.75) is 11.4 Å². The van der Waals surface area contributed by atoms with Gasteiger partial charge in [-0.05, 0) is 6.07 Å². The van der Waals surface area contributed by atoms with Crippen molar-refractivity contribution in [3.05, 3.63) is 95.8 Å². The molecule has 0 bridgehead atoms. The van der Waals surface area contributed by atoms with Crippen molar-refractivity contribution in [1.82, 2.24) is 4.57 Å². The quantitative estimate of drug-likeness (QED) is 0.417. The summed E-state index contributed by atoms with van der Waals surface area (Å²) >= 11 is 4.17. The van der Waals surface area contributed by atoms with Crippen LogP contribution >= 0.6 is 34.4 Å². The smallest absolute Gasteiger partial charge is 0.271 e. The van der Waals surface area contributed by atoms with E-state index in [1.54, 1.807) is 34.9 Å². The van der Waals surface area contributed by atoms with Gasteiger partial charge < -0.3 is 9.47 Å². The Morgan fingerprint density at radius 1 is 1.12 bits per heavy atom. The minimum absolute atomic E-state index is 0.157. The second kappa shape index (κ2) is 8.31. The average Bonchev–Trinajstić information content (AvgIpc) is 3.41. The Kier molecular flexibility index (Phi) is 5.48. The summed E-state index contributed by atoms with van der Waals surface area (Å²) in [7, 11) is 3.43. The highest BCUT2D eigenvalue weighted by atomic mass is 32.2. The van der Waals surface area contributed by atoms with E-state index in [1.807, 2.05) is 35.9 Å². The highest BCUT2D eigenvalue weighted by Gasteiger charge is 2.28. The largest absolute Gasteiger partial charge is 0.334 e. The number of halogens is 2. The van der Waals surface area contributed by atoms with Gasteiger partial charge in [0.05, 0.1) is 17.1 Å². The van der Waals surface area contributed by atoms with Gasteiger partial charge in [-0.15, -0.1) is 11.3 Å². The van der Waals surface area contributed by atoms with Gasteiger partial charge in [-0.1, -0.05) is 53.4 Å². The molecule has 0 spiro atoms. The molecule has 3 heterocycles. The van der Waals surface area contributed by atoms with Crippen molar-refractivity contribution in [2.24, 2.45) is 7.05 Å². The first-order chi connectivity index (χ1) is 15.4. The van der Waals surface area contributed by atoms with E-state index in [2.05, 4.69) is 16.7 Å². The van der Waals surface area contributed by atoms with E-state index in [-0.39, 0.29) is 5.56 Å². The molecule has 0 aliphatic carbocycles. The Hall–Kier alpha value is -2.75. The highest BCUT2D eigenvalue weighted by Crippen LogP contribution is 2.47. The Bertz CT molecular complexity index is 1510. The minimum Gasteiger partial charge on any atom is -0.334 e. The van der Waals surface area contributed by atoms with Gasteiger partial charge in [0.2, 0.25) is 0 Å². The van der Waals surface area contributed by atoms with Crippen LogP contribution in [0.2, 0.25) is 0 Å². The van der Waals surface area contributed by atoms with Crippen LogP contribution in [-0.4, -0.2) is 11.6 Å². The molecule has 0 fully saturated rings. The molecular formula is C23H18F2N3OS3+. The fourth-order valence-corrected chi connectivity index (χ4v) is 6.88. The summed E-state index contributed by atoms with van der Waals surface area (Å²) in [6, 6.07) is 12.4.